The van der Waals surface area contributed by atoms with Gasteiger partial charge in [-0.2, -0.15) is 0 Å². The average Bonchev–Trinajstić information content (AvgIpc) is 2.19. The lowest BCUT2D eigenvalue weighted by Crippen LogP contribution is -1.99. The van der Waals surface area contributed by atoms with Crippen LogP contribution in [0.25, 0.3) is 0 Å². The molecule has 13 heavy (non-hydrogen) atoms. The summed E-state index contributed by atoms with van der Waals surface area (Å²) in [5.41, 5.74) is 1.12. The van der Waals surface area contributed by atoms with Crippen molar-refractivity contribution in [1.29, 1.82) is 0 Å². The van der Waals surface area contributed by atoms with E-state index in [0.29, 0.717) is 5.92 Å². The average molecular weight is 175 g/mol. The van der Waals surface area contributed by atoms with Crippen LogP contribution in [0.4, 0.5) is 0 Å². The molecule has 1 aliphatic carbocycles. The van der Waals surface area contributed by atoms with E-state index in [4.69, 9.17) is 0 Å². The molecule has 0 aliphatic heterocycles. The van der Waals surface area contributed by atoms with Crippen LogP contribution < -0.4 is 0 Å². The van der Waals surface area contributed by atoms with Crippen molar-refractivity contribution in [3.8, 4) is 5.75 Å². The number of aromatic nitrogens is 1. The lowest BCUT2D eigenvalue weighted by atomic mass is 9.90. The van der Waals surface area contributed by atoms with E-state index in [0.717, 1.165) is 5.56 Å². The summed E-state index contributed by atoms with van der Waals surface area (Å²) in [4.78, 5) is 3.98. The molecule has 1 aromatic heterocycles. The Bertz CT molecular complexity index is 320. The number of allylic oxidation sites excluding steroid dienone is 2. The maximum absolute atomic E-state index is 9.26. The molecular weight excluding hydrogens is 162 g/mol. The second-order valence-electron chi connectivity index (χ2n) is 3.44. The maximum Gasteiger partial charge on any atom is 0.134 e. The van der Waals surface area contributed by atoms with E-state index in [2.05, 4.69) is 17.1 Å². The molecule has 1 N–H and O–H groups in total. The van der Waals surface area contributed by atoms with Crippen LogP contribution >= 0.6 is 0 Å². The Morgan fingerprint density at radius 3 is 3.00 bits per heavy atom. The number of hydrogen-bond donors (Lipinski definition) is 1. The van der Waals surface area contributed by atoms with Crippen molar-refractivity contribution in [2.24, 2.45) is 0 Å². The van der Waals surface area contributed by atoms with E-state index in [1.807, 2.05) is 6.20 Å². The van der Waals surface area contributed by atoms with Gasteiger partial charge in [-0.25, -0.2) is 0 Å². The molecule has 0 amide bonds. The summed E-state index contributed by atoms with van der Waals surface area (Å²) in [6.45, 7) is 0. The maximum atomic E-state index is 9.26. The van der Waals surface area contributed by atoms with Crippen molar-refractivity contribution in [3.63, 3.8) is 0 Å². The van der Waals surface area contributed by atoms with E-state index in [-0.39, 0.29) is 5.75 Å². The van der Waals surface area contributed by atoms with Crippen LogP contribution in [0.5, 0.6) is 5.75 Å². The first-order valence-corrected chi connectivity index (χ1v) is 4.67. The van der Waals surface area contributed by atoms with Crippen molar-refractivity contribution in [2.45, 2.75) is 25.2 Å². The molecule has 0 saturated heterocycles. The largest absolute Gasteiger partial charge is 0.506 e. The predicted molar refractivity (Wildman–Crippen MR) is 51.6 cm³/mol. The van der Waals surface area contributed by atoms with Gasteiger partial charge in [0.2, 0.25) is 0 Å². The van der Waals surface area contributed by atoms with Gasteiger partial charge in [-0.15, -0.1) is 0 Å². The molecule has 0 radical (unpaired) electrons. The van der Waals surface area contributed by atoms with Crippen LogP contribution in [0.15, 0.2) is 30.6 Å². The summed E-state index contributed by atoms with van der Waals surface area (Å²) < 4.78 is 0. The Morgan fingerprint density at radius 2 is 2.31 bits per heavy atom. The van der Waals surface area contributed by atoms with E-state index < -0.39 is 0 Å². The molecule has 1 atom stereocenters. The van der Waals surface area contributed by atoms with E-state index in [9.17, 15) is 5.11 Å². The minimum atomic E-state index is 0.261. The van der Waals surface area contributed by atoms with Crippen LogP contribution in [0, 0.1) is 0 Å². The van der Waals surface area contributed by atoms with Crippen molar-refractivity contribution < 1.29 is 5.11 Å². The Kier molecular flexibility index (Phi) is 2.30. The van der Waals surface area contributed by atoms with Crippen molar-refractivity contribution in [2.75, 3.05) is 0 Å². The first-order valence-electron chi connectivity index (χ1n) is 4.67. The molecule has 2 nitrogen and oxygen atoms in total. The molecule has 0 fully saturated rings. The molecule has 1 aromatic rings. The molecule has 0 spiro atoms. The van der Waals surface area contributed by atoms with Crippen LogP contribution in [0.1, 0.15) is 30.7 Å². The van der Waals surface area contributed by atoms with Crippen molar-refractivity contribution in [3.05, 3.63) is 36.2 Å². The third-order valence-corrected chi connectivity index (χ3v) is 2.43. The Hall–Kier alpha value is -1.31. The Labute approximate surface area is 77.9 Å². The molecule has 2 rings (SSSR count). The van der Waals surface area contributed by atoms with Gasteiger partial charge in [0.05, 0.1) is 6.20 Å². The first-order chi connectivity index (χ1) is 6.36. The zero-order valence-electron chi connectivity index (χ0n) is 7.48. The number of rotatable bonds is 1. The summed E-state index contributed by atoms with van der Waals surface area (Å²) in [6.07, 6.45) is 11.3. The molecule has 68 valence electrons. The zero-order valence-corrected chi connectivity index (χ0v) is 7.48. The molecular formula is C11H13NO. The van der Waals surface area contributed by atoms with E-state index in [1.54, 1.807) is 6.07 Å². The van der Waals surface area contributed by atoms with Crippen LogP contribution in [0.3, 0.4) is 0 Å². The normalized spacial score (nSPS) is 21.7. The van der Waals surface area contributed by atoms with Gasteiger partial charge in [-0.1, -0.05) is 12.2 Å². The zero-order chi connectivity index (χ0) is 9.10. The van der Waals surface area contributed by atoms with Gasteiger partial charge in [0.25, 0.3) is 0 Å². The molecule has 1 aliphatic rings. The predicted octanol–water partition coefficient (Wildman–Crippen LogP) is 2.61. The van der Waals surface area contributed by atoms with Gasteiger partial charge < -0.3 is 5.11 Å². The fourth-order valence-electron chi connectivity index (χ4n) is 1.74. The van der Waals surface area contributed by atoms with Crippen molar-refractivity contribution in [1.82, 2.24) is 4.98 Å². The van der Waals surface area contributed by atoms with Gasteiger partial charge in [-0.05, 0) is 30.9 Å². The number of nitrogens with zero attached hydrogens (tertiary/aromatic N) is 1. The highest BCUT2D eigenvalue weighted by molar-refractivity contribution is 5.28. The topological polar surface area (TPSA) is 33.1 Å². The third kappa shape index (κ3) is 1.89. The highest BCUT2D eigenvalue weighted by Gasteiger charge is 2.11. The summed E-state index contributed by atoms with van der Waals surface area (Å²) in [6, 6.07) is 1.80. The molecule has 0 bridgehead atoms. The van der Waals surface area contributed by atoms with Gasteiger partial charge in [0, 0.05) is 12.1 Å². The highest BCUT2D eigenvalue weighted by atomic mass is 16.3. The smallest absolute Gasteiger partial charge is 0.134 e. The second kappa shape index (κ2) is 3.60. The van der Waals surface area contributed by atoms with E-state index >= 15 is 0 Å². The first kappa shape index (κ1) is 8.30. The van der Waals surface area contributed by atoms with Gasteiger partial charge in [0.1, 0.15) is 5.75 Å². The van der Waals surface area contributed by atoms with Gasteiger partial charge >= 0.3 is 0 Å². The Balaban J connectivity index is 2.24. The standard InChI is InChI=1S/C11H13NO/c13-11-6-10(7-12-8-11)9-4-2-1-3-5-9/h2,4,6-9,13H,1,3,5H2/t9-/m1/s1. The molecule has 0 aromatic carbocycles. The minimum Gasteiger partial charge on any atom is -0.506 e. The van der Waals surface area contributed by atoms with Gasteiger partial charge in [0.15, 0.2) is 0 Å². The lowest BCUT2D eigenvalue weighted by molar-refractivity contribution is 0.470. The van der Waals surface area contributed by atoms with Crippen LogP contribution in [0.2, 0.25) is 0 Å². The summed E-state index contributed by atoms with van der Waals surface area (Å²) in [5, 5.41) is 9.26. The highest BCUT2D eigenvalue weighted by Crippen LogP contribution is 2.28. The number of pyridine rings is 1. The quantitative estimate of drug-likeness (QED) is 0.665. The number of aromatic hydroxyl groups is 1. The van der Waals surface area contributed by atoms with E-state index in [1.165, 1.54) is 25.5 Å². The summed E-state index contributed by atoms with van der Waals surface area (Å²) in [5.74, 6) is 0.713. The van der Waals surface area contributed by atoms with Crippen LogP contribution in [-0.4, -0.2) is 10.1 Å². The summed E-state index contributed by atoms with van der Waals surface area (Å²) >= 11 is 0. The fourth-order valence-corrected chi connectivity index (χ4v) is 1.74. The molecule has 0 saturated carbocycles. The number of hydrogen-bond acceptors (Lipinski definition) is 2. The molecule has 1 heterocycles. The fraction of sp³-hybridized carbons (Fsp3) is 0.364. The third-order valence-electron chi connectivity index (χ3n) is 2.43. The minimum absolute atomic E-state index is 0.261. The molecule has 0 unspecified atom stereocenters. The summed E-state index contributed by atoms with van der Waals surface area (Å²) in [7, 11) is 0. The second-order valence-corrected chi connectivity index (χ2v) is 3.44. The molecule has 2 heteroatoms. The van der Waals surface area contributed by atoms with Crippen LogP contribution in [-0.2, 0) is 0 Å². The lowest BCUT2D eigenvalue weighted by Gasteiger charge is -2.15. The SMILES string of the molecule is Oc1cncc([C@@H]2C=CCCC2)c1. The monoisotopic (exact) mass is 175 g/mol. The van der Waals surface area contributed by atoms with Gasteiger partial charge in [-0.3, -0.25) is 4.98 Å². The van der Waals surface area contributed by atoms with Crippen molar-refractivity contribution >= 4 is 0 Å². The Morgan fingerprint density at radius 1 is 1.38 bits per heavy atom.